The van der Waals surface area contributed by atoms with Gasteiger partial charge in [0, 0.05) is 18.2 Å². The van der Waals surface area contributed by atoms with Crippen molar-refractivity contribution < 1.29 is 9.90 Å². The number of hydrogen-bond acceptors (Lipinski definition) is 6. The number of aliphatic hydroxyl groups excluding tert-OH is 1. The molecule has 0 aliphatic carbocycles. The number of nitrogens with one attached hydrogen (secondary N) is 1. The first-order chi connectivity index (χ1) is 11.5. The molecule has 1 atom stereocenters. The Balaban J connectivity index is 2.03. The van der Waals surface area contributed by atoms with E-state index >= 15 is 0 Å². The molecule has 1 unspecified atom stereocenters. The van der Waals surface area contributed by atoms with Crippen molar-refractivity contribution in [1.82, 2.24) is 10.2 Å². The van der Waals surface area contributed by atoms with Crippen LogP contribution in [0.4, 0.5) is 10.8 Å². The summed E-state index contributed by atoms with van der Waals surface area (Å²) < 4.78 is 0. The van der Waals surface area contributed by atoms with Gasteiger partial charge in [0.1, 0.15) is 5.01 Å². The minimum atomic E-state index is -0.480. The third-order valence-electron chi connectivity index (χ3n) is 3.54. The number of hydrogen-bond donors (Lipinski definition) is 2. The van der Waals surface area contributed by atoms with Crippen molar-refractivity contribution in [2.75, 3.05) is 23.3 Å². The van der Waals surface area contributed by atoms with Gasteiger partial charge in [0.25, 0.3) is 0 Å². The fourth-order valence-electron chi connectivity index (χ4n) is 2.13. The van der Waals surface area contributed by atoms with Gasteiger partial charge >= 0.3 is 0 Å². The molecule has 2 N–H and O–H groups in total. The van der Waals surface area contributed by atoms with E-state index in [0.717, 1.165) is 10.7 Å². The number of aromatic nitrogens is 2. The summed E-state index contributed by atoms with van der Waals surface area (Å²) >= 11 is 1.39. The van der Waals surface area contributed by atoms with E-state index in [1.54, 1.807) is 0 Å². The predicted molar refractivity (Wildman–Crippen MR) is 97.6 cm³/mol. The van der Waals surface area contributed by atoms with Crippen molar-refractivity contribution in [3.05, 3.63) is 35.3 Å². The normalized spacial score (nSPS) is 12.2. The number of amides is 1. The second kappa shape index (κ2) is 8.75. The fraction of sp³-hybridized carbons (Fsp3) is 0.471. The molecule has 1 aromatic heterocycles. The van der Waals surface area contributed by atoms with Gasteiger partial charge in [0.05, 0.1) is 12.6 Å². The molecule has 0 saturated carbocycles. The summed E-state index contributed by atoms with van der Waals surface area (Å²) in [7, 11) is 0. The molecule has 1 heterocycles. The Morgan fingerprint density at radius 1 is 1.29 bits per heavy atom. The van der Waals surface area contributed by atoms with Crippen LogP contribution in [0.2, 0.25) is 0 Å². The molecule has 0 radical (unpaired) electrons. The maximum atomic E-state index is 12.3. The van der Waals surface area contributed by atoms with Crippen LogP contribution < -0.4 is 10.2 Å². The highest BCUT2D eigenvalue weighted by atomic mass is 32.1. The van der Waals surface area contributed by atoms with E-state index in [1.807, 2.05) is 56.0 Å². The van der Waals surface area contributed by atoms with Crippen molar-refractivity contribution in [2.24, 2.45) is 0 Å². The third kappa shape index (κ3) is 5.28. The molecule has 2 rings (SSSR count). The molecule has 0 bridgehead atoms. The lowest BCUT2D eigenvalue weighted by Gasteiger charge is -2.26. The SMILES string of the molecule is CCC(O)CN(CC(=O)Nc1nnc(C(C)C)s1)c1ccccc1. The van der Waals surface area contributed by atoms with Crippen molar-refractivity contribution >= 4 is 28.1 Å². The number of carbonyl (C=O) groups is 1. The first kappa shape index (κ1) is 18.4. The van der Waals surface area contributed by atoms with E-state index in [-0.39, 0.29) is 18.4 Å². The van der Waals surface area contributed by atoms with E-state index in [0.29, 0.717) is 18.1 Å². The van der Waals surface area contributed by atoms with Gasteiger partial charge in [-0.3, -0.25) is 10.1 Å². The summed E-state index contributed by atoms with van der Waals surface area (Å²) in [6, 6.07) is 9.61. The highest BCUT2D eigenvalue weighted by Crippen LogP contribution is 2.22. The molecular weight excluding hydrogens is 324 g/mol. The Morgan fingerprint density at radius 3 is 2.58 bits per heavy atom. The van der Waals surface area contributed by atoms with Gasteiger partial charge < -0.3 is 10.0 Å². The van der Waals surface area contributed by atoms with Crippen LogP contribution in [0.15, 0.2) is 30.3 Å². The van der Waals surface area contributed by atoms with E-state index < -0.39 is 6.10 Å². The highest BCUT2D eigenvalue weighted by Gasteiger charge is 2.16. The van der Waals surface area contributed by atoms with Gasteiger partial charge in [0.15, 0.2) is 0 Å². The maximum Gasteiger partial charge on any atom is 0.245 e. The number of carbonyl (C=O) groups excluding carboxylic acids is 1. The number of nitrogens with zero attached hydrogens (tertiary/aromatic N) is 3. The standard InChI is InChI=1S/C17H24N4O2S/c1-4-14(22)10-21(13-8-6-5-7-9-13)11-15(23)18-17-20-19-16(24-17)12(2)3/h5-9,12,14,22H,4,10-11H2,1-3H3,(H,18,20,23). The topological polar surface area (TPSA) is 78.4 Å². The summed E-state index contributed by atoms with van der Waals surface area (Å²) in [5.41, 5.74) is 0.903. The van der Waals surface area contributed by atoms with Gasteiger partial charge in [0.2, 0.25) is 11.0 Å². The zero-order valence-corrected chi connectivity index (χ0v) is 15.1. The molecule has 0 spiro atoms. The maximum absolute atomic E-state index is 12.3. The average Bonchev–Trinajstić information content (AvgIpc) is 3.03. The average molecular weight is 348 g/mol. The molecular formula is C17H24N4O2S. The fourth-order valence-corrected chi connectivity index (χ4v) is 2.90. The summed E-state index contributed by atoms with van der Waals surface area (Å²) in [5, 5.41) is 22.2. The predicted octanol–water partition coefficient (Wildman–Crippen LogP) is 2.88. The summed E-state index contributed by atoms with van der Waals surface area (Å²) in [4.78, 5) is 14.2. The first-order valence-electron chi connectivity index (χ1n) is 8.11. The van der Waals surface area contributed by atoms with Gasteiger partial charge in [-0.1, -0.05) is 50.3 Å². The number of benzene rings is 1. The molecule has 0 aliphatic rings. The van der Waals surface area contributed by atoms with Gasteiger partial charge in [-0.25, -0.2) is 0 Å². The largest absolute Gasteiger partial charge is 0.391 e. The Labute approximate surface area is 146 Å². The lowest BCUT2D eigenvalue weighted by atomic mass is 10.2. The lowest BCUT2D eigenvalue weighted by Crippen LogP contribution is -2.38. The lowest BCUT2D eigenvalue weighted by molar-refractivity contribution is -0.115. The van der Waals surface area contributed by atoms with E-state index in [2.05, 4.69) is 15.5 Å². The van der Waals surface area contributed by atoms with Gasteiger partial charge in [-0.15, -0.1) is 10.2 Å². The minimum absolute atomic E-state index is 0.150. The molecule has 0 saturated heterocycles. The van der Waals surface area contributed by atoms with Crippen LogP contribution in [-0.2, 0) is 4.79 Å². The number of aliphatic hydroxyl groups is 1. The Bertz CT molecular complexity index is 645. The second-order valence-electron chi connectivity index (χ2n) is 5.93. The van der Waals surface area contributed by atoms with Crippen LogP contribution in [-0.4, -0.2) is 40.4 Å². The van der Waals surface area contributed by atoms with Crippen molar-refractivity contribution in [2.45, 2.75) is 39.2 Å². The van der Waals surface area contributed by atoms with Crippen LogP contribution in [0.3, 0.4) is 0 Å². The number of anilines is 2. The van der Waals surface area contributed by atoms with Crippen LogP contribution in [0.1, 0.15) is 38.1 Å². The van der Waals surface area contributed by atoms with Crippen LogP contribution in [0.5, 0.6) is 0 Å². The molecule has 0 aliphatic heterocycles. The van der Waals surface area contributed by atoms with Crippen LogP contribution >= 0.6 is 11.3 Å². The Kier molecular flexibility index (Phi) is 6.69. The number of para-hydroxylation sites is 1. The van der Waals surface area contributed by atoms with Gasteiger partial charge in [-0.2, -0.15) is 0 Å². The third-order valence-corrected chi connectivity index (χ3v) is 4.68. The molecule has 2 aromatic rings. The summed E-state index contributed by atoms with van der Waals surface area (Å²) in [5.74, 6) is 0.113. The Morgan fingerprint density at radius 2 is 2.00 bits per heavy atom. The van der Waals surface area contributed by atoms with Crippen LogP contribution in [0.25, 0.3) is 0 Å². The summed E-state index contributed by atoms with van der Waals surface area (Å²) in [6.45, 7) is 6.55. The van der Waals surface area contributed by atoms with Crippen molar-refractivity contribution in [1.29, 1.82) is 0 Å². The first-order valence-corrected chi connectivity index (χ1v) is 8.92. The minimum Gasteiger partial charge on any atom is -0.391 e. The molecule has 6 nitrogen and oxygen atoms in total. The van der Waals surface area contributed by atoms with Gasteiger partial charge in [-0.05, 0) is 18.6 Å². The molecule has 24 heavy (non-hydrogen) atoms. The van der Waals surface area contributed by atoms with Crippen molar-refractivity contribution in [3.8, 4) is 0 Å². The molecule has 7 heteroatoms. The Hall–Kier alpha value is -1.99. The molecule has 130 valence electrons. The second-order valence-corrected chi connectivity index (χ2v) is 6.94. The zero-order valence-electron chi connectivity index (χ0n) is 14.3. The van der Waals surface area contributed by atoms with E-state index in [9.17, 15) is 9.90 Å². The van der Waals surface area contributed by atoms with Crippen molar-refractivity contribution in [3.63, 3.8) is 0 Å². The van der Waals surface area contributed by atoms with Crippen LogP contribution in [0, 0.1) is 0 Å². The van der Waals surface area contributed by atoms with E-state index in [4.69, 9.17) is 0 Å². The quantitative estimate of drug-likeness (QED) is 0.767. The number of rotatable bonds is 8. The molecule has 1 amide bonds. The van der Waals surface area contributed by atoms with E-state index in [1.165, 1.54) is 11.3 Å². The highest BCUT2D eigenvalue weighted by molar-refractivity contribution is 7.15. The smallest absolute Gasteiger partial charge is 0.245 e. The zero-order chi connectivity index (χ0) is 17.5. The molecule has 1 aromatic carbocycles. The summed E-state index contributed by atoms with van der Waals surface area (Å²) in [6.07, 6.45) is 0.158. The molecule has 0 fully saturated rings. The monoisotopic (exact) mass is 348 g/mol.